The van der Waals surface area contributed by atoms with E-state index in [-0.39, 0.29) is 11.9 Å². The first-order valence-corrected chi connectivity index (χ1v) is 10.9. The molecule has 0 bridgehead atoms. The molecule has 2 rings (SSSR count). The lowest BCUT2D eigenvalue weighted by molar-refractivity contribution is -0.120. The average molecular weight is 419 g/mol. The average Bonchev–Trinajstić information content (AvgIpc) is 2.92. The Balaban J connectivity index is 2.11. The second kappa shape index (κ2) is 10.8. The third-order valence-electron chi connectivity index (χ3n) is 5.42. The smallest absolute Gasteiger partial charge is 0.224 e. The molecule has 1 aromatic heterocycles. The van der Waals surface area contributed by atoms with Crippen molar-refractivity contribution in [3.63, 3.8) is 0 Å². The summed E-state index contributed by atoms with van der Waals surface area (Å²) < 4.78 is 2.02. The third-order valence-corrected chi connectivity index (χ3v) is 5.76. The van der Waals surface area contributed by atoms with Gasteiger partial charge in [-0.1, -0.05) is 57.5 Å². The van der Waals surface area contributed by atoms with E-state index in [9.17, 15) is 4.79 Å². The first kappa shape index (κ1) is 23.4. The van der Waals surface area contributed by atoms with Crippen LogP contribution in [0.4, 0.5) is 0 Å². The molecule has 1 N–H and O–H groups in total. The summed E-state index contributed by atoms with van der Waals surface area (Å²) in [4.78, 5) is 15.1. The minimum Gasteiger partial charge on any atom is -0.354 e. The van der Waals surface area contributed by atoms with Crippen LogP contribution in [-0.4, -0.2) is 40.2 Å². The number of likely N-dealkylation sites (N-methyl/N-ethyl adjacent to an activating group) is 1. The van der Waals surface area contributed by atoms with Gasteiger partial charge in [0.1, 0.15) is 0 Å². The highest BCUT2D eigenvalue weighted by molar-refractivity contribution is 6.31. The predicted molar refractivity (Wildman–Crippen MR) is 120 cm³/mol. The molecule has 0 fully saturated rings. The van der Waals surface area contributed by atoms with Crippen LogP contribution >= 0.6 is 11.6 Å². The summed E-state index contributed by atoms with van der Waals surface area (Å²) in [6.07, 6.45) is 0.350. The number of amides is 1. The van der Waals surface area contributed by atoms with Crippen LogP contribution in [0.15, 0.2) is 24.3 Å². The number of carbonyl (C=O) groups is 1. The maximum absolute atomic E-state index is 12.8. The number of benzene rings is 1. The van der Waals surface area contributed by atoms with Crippen molar-refractivity contribution >= 4 is 17.5 Å². The van der Waals surface area contributed by atoms with E-state index in [1.165, 1.54) is 0 Å². The van der Waals surface area contributed by atoms with Gasteiger partial charge in [-0.15, -0.1) is 0 Å². The number of aryl methyl sites for hydroxylation is 1. The maximum atomic E-state index is 12.8. The van der Waals surface area contributed by atoms with E-state index < -0.39 is 0 Å². The van der Waals surface area contributed by atoms with Gasteiger partial charge in [0.25, 0.3) is 0 Å². The molecule has 0 saturated heterocycles. The molecule has 0 saturated carbocycles. The molecule has 1 unspecified atom stereocenters. The van der Waals surface area contributed by atoms with Crippen molar-refractivity contribution in [2.45, 2.75) is 60.5 Å². The van der Waals surface area contributed by atoms with Gasteiger partial charge in [-0.05, 0) is 44.5 Å². The Kier molecular flexibility index (Phi) is 8.72. The molecular weight excluding hydrogens is 384 g/mol. The Morgan fingerprint density at radius 2 is 1.86 bits per heavy atom. The van der Waals surface area contributed by atoms with E-state index in [2.05, 4.69) is 43.0 Å². The monoisotopic (exact) mass is 418 g/mol. The van der Waals surface area contributed by atoms with Gasteiger partial charge in [-0.2, -0.15) is 5.10 Å². The Hall–Kier alpha value is -1.85. The number of rotatable bonds is 10. The molecule has 5 nitrogen and oxygen atoms in total. The Morgan fingerprint density at radius 1 is 1.21 bits per heavy atom. The standard InChI is InChI=1S/C23H35ClN4O/c1-7-27(8-2)22(19-11-9-10-12-21(19)24)14-25-23(29)13-20-17(5)26-28(18(20)6)15-16(3)4/h9-12,16,22H,7-8,13-15H2,1-6H3,(H,25,29). The summed E-state index contributed by atoms with van der Waals surface area (Å²) in [6.45, 7) is 15.8. The molecule has 0 aliphatic rings. The fourth-order valence-electron chi connectivity index (χ4n) is 3.79. The molecule has 0 aliphatic carbocycles. The molecule has 2 aromatic rings. The number of halogens is 1. The van der Waals surface area contributed by atoms with Crippen LogP contribution in [0.25, 0.3) is 0 Å². The van der Waals surface area contributed by atoms with Crippen LogP contribution in [-0.2, 0) is 17.8 Å². The zero-order valence-corrected chi connectivity index (χ0v) is 19.4. The molecule has 6 heteroatoms. The van der Waals surface area contributed by atoms with Gasteiger partial charge >= 0.3 is 0 Å². The largest absolute Gasteiger partial charge is 0.354 e. The molecule has 1 heterocycles. The van der Waals surface area contributed by atoms with Crippen LogP contribution in [0, 0.1) is 19.8 Å². The van der Waals surface area contributed by atoms with Gasteiger partial charge in [-0.25, -0.2) is 0 Å². The number of carbonyl (C=O) groups excluding carboxylic acids is 1. The van der Waals surface area contributed by atoms with E-state index in [0.717, 1.165) is 47.2 Å². The number of hydrogen-bond donors (Lipinski definition) is 1. The molecule has 1 atom stereocenters. The quantitative estimate of drug-likeness (QED) is 0.615. The van der Waals surface area contributed by atoms with Crippen molar-refractivity contribution in [2.24, 2.45) is 5.92 Å². The maximum Gasteiger partial charge on any atom is 0.224 e. The van der Waals surface area contributed by atoms with Gasteiger partial charge in [0.15, 0.2) is 0 Å². The van der Waals surface area contributed by atoms with E-state index >= 15 is 0 Å². The van der Waals surface area contributed by atoms with Gasteiger partial charge in [-0.3, -0.25) is 14.4 Å². The fourth-order valence-corrected chi connectivity index (χ4v) is 4.05. The minimum atomic E-state index is 0.0181. The van der Waals surface area contributed by atoms with Crippen molar-refractivity contribution in [1.29, 1.82) is 0 Å². The van der Waals surface area contributed by atoms with E-state index in [1.807, 2.05) is 42.8 Å². The summed E-state index contributed by atoms with van der Waals surface area (Å²) in [5.74, 6) is 0.532. The predicted octanol–water partition coefficient (Wildman–Crippen LogP) is 4.55. The van der Waals surface area contributed by atoms with Crippen molar-refractivity contribution in [2.75, 3.05) is 19.6 Å². The number of aromatic nitrogens is 2. The van der Waals surface area contributed by atoms with Crippen molar-refractivity contribution in [3.8, 4) is 0 Å². The van der Waals surface area contributed by atoms with Crippen molar-refractivity contribution in [1.82, 2.24) is 20.0 Å². The first-order valence-electron chi connectivity index (χ1n) is 10.6. The van der Waals surface area contributed by atoms with E-state index in [1.54, 1.807) is 0 Å². The molecular formula is C23H35ClN4O. The second-order valence-electron chi connectivity index (χ2n) is 7.96. The summed E-state index contributed by atoms with van der Waals surface area (Å²) in [5.41, 5.74) is 4.10. The number of nitrogens with zero attached hydrogens (tertiary/aromatic N) is 3. The van der Waals surface area contributed by atoms with Crippen molar-refractivity contribution in [3.05, 3.63) is 51.8 Å². The lowest BCUT2D eigenvalue weighted by Gasteiger charge is -2.31. The molecule has 29 heavy (non-hydrogen) atoms. The summed E-state index contributed by atoms with van der Waals surface area (Å²) in [6, 6.07) is 7.93. The highest BCUT2D eigenvalue weighted by Gasteiger charge is 2.22. The SMILES string of the molecule is CCN(CC)C(CNC(=O)Cc1c(C)nn(CC(C)C)c1C)c1ccccc1Cl. The van der Waals surface area contributed by atoms with Crippen molar-refractivity contribution < 1.29 is 4.79 Å². The van der Waals surface area contributed by atoms with Crippen LogP contribution in [0.2, 0.25) is 5.02 Å². The van der Waals surface area contributed by atoms with E-state index in [4.69, 9.17) is 11.6 Å². The zero-order valence-electron chi connectivity index (χ0n) is 18.6. The van der Waals surface area contributed by atoms with Crippen LogP contribution in [0.1, 0.15) is 56.3 Å². The lowest BCUT2D eigenvalue weighted by Crippen LogP contribution is -2.38. The van der Waals surface area contributed by atoms with Crippen LogP contribution in [0.5, 0.6) is 0 Å². The van der Waals surface area contributed by atoms with Gasteiger partial charge in [0.2, 0.25) is 5.91 Å². The molecule has 0 aliphatic heterocycles. The van der Waals surface area contributed by atoms with Crippen LogP contribution in [0.3, 0.4) is 0 Å². The summed E-state index contributed by atoms with van der Waals surface area (Å²) in [5, 5.41) is 8.49. The molecule has 1 amide bonds. The molecule has 0 radical (unpaired) electrons. The van der Waals surface area contributed by atoms with Gasteiger partial charge < -0.3 is 5.32 Å². The fraction of sp³-hybridized carbons (Fsp3) is 0.565. The second-order valence-corrected chi connectivity index (χ2v) is 8.37. The Morgan fingerprint density at radius 3 is 2.45 bits per heavy atom. The Labute approximate surface area is 180 Å². The highest BCUT2D eigenvalue weighted by atomic mass is 35.5. The molecule has 160 valence electrons. The highest BCUT2D eigenvalue weighted by Crippen LogP contribution is 2.27. The molecule has 1 aromatic carbocycles. The first-order chi connectivity index (χ1) is 13.8. The van der Waals surface area contributed by atoms with Gasteiger partial charge in [0.05, 0.1) is 18.2 Å². The summed E-state index contributed by atoms with van der Waals surface area (Å²) in [7, 11) is 0. The number of nitrogens with one attached hydrogen (secondary N) is 1. The zero-order chi connectivity index (χ0) is 21.6. The lowest BCUT2D eigenvalue weighted by atomic mass is 10.0. The normalized spacial score (nSPS) is 12.6. The topological polar surface area (TPSA) is 50.2 Å². The van der Waals surface area contributed by atoms with Crippen LogP contribution < -0.4 is 5.32 Å². The third kappa shape index (κ3) is 6.06. The minimum absolute atomic E-state index is 0.0181. The molecule has 0 spiro atoms. The summed E-state index contributed by atoms with van der Waals surface area (Å²) >= 11 is 6.46. The van der Waals surface area contributed by atoms with E-state index in [0.29, 0.717) is 18.9 Å². The number of hydrogen-bond acceptors (Lipinski definition) is 3. The van der Waals surface area contributed by atoms with Gasteiger partial charge in [0, 0.05) is 29.4 Å². The Bertz CT molecular complexity index is 811.